The number of hydrogen-bond donors (Lipinski definition) is 0. The molecule has 2 rings (SSSR count). The third-order valence-electron chi connectivity index (χ3n) is 3.17. The summed E-state index contributed by atoms with van der Waals surface area (Å²) < 4.78 is 0. The lowest BCUT2D eigenvalue weighted by atomic mass is 10.1. The van der Waals surface area contributed by atoms with Crippen LogP contribution in [0.5, 0.6) is 0 Å². The van der Waals surface area contributed by atoms with Gasteiger partial charge in [-0.25, -0.2) is 0 Å². The maximum atomic E-state index is 12.7. The smallest absolute Gasteiger partial charge is 0.254 e. The lowest BCUT2D eigenvalue weighted by Gasteiger charge is -2.21. The Morgan fingerprint density at radius 1 is 1.29 bits per heavy atom. The molecule has 0 aliphatic heterocycles. The molecular formula is C17H20N2OS. The van der Waals surface area contributed by atoms with Gasteiger partial charge in [0.2, 0.25) is 0 Å². The van der Waals surface area contributed by atoms with Crippen LogP contribution in [0.2, 0.25) is 0 Å². The van der Waals surface area contributed by atoms with Gasteiger partial charge in [0.15, 0.2) is 0 Å². The number of carbonyl (C=O) groups excluding carboxylic acids is 1. The van der Waals surface area contributed by atoms with Crippen molar-refractivity contribution in [2.45, 2.75) is 6.54 Å². The van der Waals surface area contributed by atoms with E-state index >= 15 is 0 Å². The number of thiophene rings is 1. The fraction of sp³-hybridized carbons (Fsp3) is 0.235. The number of hydrogen-bond acceptors (Lipinski definition) is 3. The standard InChI is InChI=1S/C17H20N2OS/c1-4-10-19(13-16-9-6-11-21-16)17(20)14-7-5-8-15(12-14)18(2)3/h4-9,11-12H,1,10,13H2,2-3H3. The van der Waals surface area contributed by atoms with Crippen molar-refractivity contribution in [1.29, 1.82) is 0 Å². The molecule has 110 valence electrons. The normalized spacial score (nSPS) is 10.2. The first kappa shape index (κ1) is 15.3. The number of rotatable bonds is 6. The number of amides is 1. The van der Waals surface area contributed by atoms with Gasteiger partial charge >= 0.3 is 0 Å². The molecule has 2 aromatic rings. The molecule has 21 heavy (non-hydrogen) atoms. The molecular weight excluding hydrogens is 280 g/mol. The fourth-order valence-corrected chi connectivity index (χ4v) is 2.78. The first-order chi connectivity index (χ1) is 10.1. The summed E-state index contributed by atoms with van der Waals surface area (Å²) in [5.74, 6) is 0.0343. The van der Waals surface area contributed by atoms with Gasteiger partial charge < -0.3 is 9.80 Å². The molecule has 1 aromatic heterocycles. The molecule has 0 aliphatic rings. The lowest BCUT2D eigenvalue weighted by Crippen LogP contribution is -2.30. The van der Waals surface area contributed by atoms with Gasteiger partial charge in [-0.15, -0.1) is 17.9 Å². The molecule has 4 heteroatoms. The van der Waals surface area contributed by atoms with E-state index < -0.39 is 0 Å². The van der Waals surface area contributed by atoms with Gasteiger partial charge in [-0.3, -0.25) is 4.79 Å². The van der Waals surface area contributed by atoms with Crippen molar-refractivity contribution >= 4 is 22.9 Å². The molecule has 0 spiro atoms. The molecule has 1 heterocycles. The van der Waals surface area contributed by atoms with Gasteiger partial charge in [0, 0.05) is 36.8 Å². The van der Waals surface area contributed by atoms with Gasteiger partial charge in [-0.1, -0.05) is 18.2 Å². The summed E-state index contributed by atoms with van der Waals surface area (Å²) in [6.45, 7) is 4.92. The predicted molar refractivity (Wildman–Crippen MR) is 90.0 cm³/mol. The summed E-state index contributed by atoms with van der Waals surface area (Å²) in [5.41, 5.74) is 1.73. The summed E-state index contributed by atoms with van der Waals surface area (Å²) in [7, 11) is 3.94. The molecule has 0 saturated carbocycles. The van der Waals surface area contributed by atoms with Crippen LogP contribution in [0.25, 0.3) is 0 Å². The predicted octanol–water partition coefficient (Wildman–Crippen LogP) is 3.64. The third-order valence-corrected chi connectivity index (χ3v) is 4.03. The van der Waals surface area contributed by atoms with Crippen LogP contribution >= 0.6 is 11.3 Å². The minimum atomic E-state index is 0.0343. The van der Waals surface area contributed by atoms with Crippen molar-refractivity contribution in [3.05, 3.63) is 64.9 Å². The zero-order chi connectivity index (χ0) is 15.2. The highest BCUT2D eigenvalue weighted by atomic mass is 32.1. The second kappa shape index (κ2) is 7.09. The Labute approximate surface area is 130 Å². The Morgan fingerprint density at radius 2 is 2.10 bits per heavy atom. The van der Waals surface area contributed by atoms with Crippen LogP contribution < -0.4 is 4.90 Å². The second-order valence-corrected chi connectivity index (χ2v) is 6.03. The zero-order valence-corrected chi connectivity index (χ0v) is 13.3. The Morgan fingerprint density at radius 3 is 2.71 bits per heavy atom. The molecule has 0 aliphatic carbocycles. The maximum absolute atomic E-state index is 12.7. The minimum absolute atomic E-state index is 0.0343. The van der Waals surface area contributed by atoms with Crippen molar-refractivity contribution in [3.8, 4) is 0 Å². The summed E-state index contributed by atoms with van der Waals surface area (Å²) in [5, 5.41) is 2.03. The Bertz CT molecular complexity index is 605. The van der Waals surface area contributed by atoms with E-state index in [4.69, 9.17) is 0 Å². The average molecular weight is 300 g/mol. The van der Waals surface area contributed by atoms with Gasteiger partial charge in [-0.2, -0.15) is 0 Å². The molecule has 0 fully saturated rings. The highest BCUT2D eigenvalue weighted by molar-refractivity contribution is 7.09. The van der Waals surface area contributed by atoms with Gasteiger partial charge in [0.05, 0.1) is 6.54 Å². The van der Waals surface area contributed by atoms with Crippen molar-refractivity contribution in [2.24, 2.45) is 0 Å². The minimum Gasteiger partial charge on any atom is -0.378 e. The monoisotopic (exact) mass is 300 g/mol. The Hall–Kier alpha value is -2.07. The topological polar surface area (TPSA) is 23.6 Å². The highest BCUT2D eigenvalue weighted by Crippen LogP contribution is 2.18. The molecule has 1 aromatic carbocycles. The van der Waals surface area contributed by atoms with Gasteiger partial charge in [0.25, 0.3) is 5.91 Å². The molecule has 0 unspecified atom stereocenters. The SMILES string of the molecule is C=CCN(Cc1cccs1)C(=O)c1cccc(N(C)C)c1. The molecule has 1 amide bonds. The summed E-state index contributed by atoms with van der Waals surface area (Å²) in [6.07, 6.45) is 1.77. The quantitative estimate of drug-likeness (QED) is 0.760. The van der Waals surface area contributed by atoms with E-state index in [2.05, 4.69) is 6.58 Å². The first-order valence-electron chi connectivity index (χ1n) is 6.81. The second-order valence-electron chi connectivity index (χ2n) is 5.00. The largest absolute Gasteiger partial charge is 0.378 e. The fourth-order valence-electron chi connectivity index (χ4n) is 2.07. The number of benzene rings is 1. The van der Waals surface area contributed by atoms with Gasteiger partial charge in [0.1, 0.15) is 0 Å². The number of nitrogens with zero attached hydrogens (tertiary/aromatic N) is 2. The van der Waals surface area contributed by atoms with Crippen LogP contribution in [-0.2, 0) is 6.54 Å². The van der Waals surface area contributed by atoms with Crippen LogP contribution in [0, 0.1) is 0 Å². The van der Waals surface area contributed by atoms with E-state index in [-0.39, 0.29) is 5.91 Å². The Balaban J connectivity index is 2.21. The average Bonchev–Trinajstić information content (AvgIpc) is 2.99. The van der Waals surface area contributed by atoms with Crippen molar-refractivity contribution < 1.29 is 4.79 Å². The molecule has 0 bridgehead atoms. The van der Waals surface area contributed by atoms with E-state index in [1.165, 1.54) is 4.88 Å². The molecule has 0 N–H and O–H groups in total. The van der Waals surface area contributed by atoms with E-state index in [1.54, 1.807) is 17.4 Å². The number of carbonyl (C=O) groups is 1. The van der Waals surface area contributed by atoms with E-state index in [9.17, 15) is 4.79 Å². The van der Waals surface area contributed by atoms with Crippen LogP contribution in [0.4, 0.5) is 5.69 Å². The van der Waals surface area contributed by atoms with Crippen LogP contribution in [0.15, 0.2) is 54.4 Å². The van der Waals surface area contributed by atoms with Crippen LogP contribution in [0.3, 0.4) is 0 Å². The summed E-state index contributed by atoms with van der Waals surface area (Å²) in [4.78, 5) is 17.7. The third kappa shape index (κ3) is 3.95. The zero-order valence-electron chi connectivity index (χ0n) is 12.5. The van der Waals surface area contributed by atoms with Crippen LogP contribution in [-0.4, -0.2) is 31.4 Å². The van der Waals surface area contributed by atoms with E-state index in [0.29, 0.717) is 18.7 Å². The van der Waals surface area contributed by atoms with E-state index in [0.717, 1.165) is 5.69 Å². The molecule has 0 atom stereocenters. The van der Waals surface area contributed by atoms with Crippen molar-refractivity contribution in [3.63, 3.8) is 0 Å². The molecule has 0 saturated heterocycles. The Kier molecular flexibility index (Phi) is 5.17. The first-order valence-corrected chi connectivity index (χ1v) is 7.69. The maximum Gasteiger partial charge on any atom is 0.254 e. The number of anilines is 1. The van der Waals surface area contributed by atoms with Crippen LogP contribution in [0.1, 0.15) is 15.2 Å². The molecule has 3 nitrogen and oxygen atoms in total. The molecule has 0 radical (unpaired) electrons. The van der Waals surface area contributed by atoms with E-state index in [1.807, 2.05) is 65.7 Å². The van der Waals surface area contributed by atoms with Crippen molar-refractivity contribution in [1.82, 2.24) is 4.90 Å². The van der Waals surface area contributed by atoms with Crippen molar-refractivity contribution in [2.75, 3.05) is 25.5 Å². The highest BCUT2D eigenvalue weighted by Gasteiger charge is 2.16. The van der Waals surface area contributed by atoms with Gasteiger partial charge in [-0.05, 0) is 29.6 Å². The lowest BCUT2D eigenvalue weighted by molar-refractivity contribution is 0.0764. The summed E-state index contributed by atoms with van der Waals surface area (Å²) in [6, 6.07) is 11.7. The summed E-state index contributed by atoms with van der Waals surface area (Å²) >= 11 is 1.66.